The second-order valence-electron chi connectivity index (χ2n) is 4.58. The Kier molecular flexibility index (Phi) is 4.44. The van der Waals surface area contributed by atoms with Crippen LogP contribution >= 0.6 is 28.1 Å². The second-order valence-corrected chi connectivity index (χ2v) is 5.88. The lowest BCUT2D eigenvalue weighted by Crippen LogP contribution is -1.96. The van der Waals surface area contributed by atoms with Crippen LogP contribution in [0.25, 0.3) is 11.4 Å². The highest BCUT2D eigenvalue weighted by Gasteiger charge is 2.08. The van der Waals surface area contributed by atoms with Crippen molar-refractivity contribution in [2.45, 2.75) is 0 Å². The summed E-state index contributed by atoms with van der Waals surface area (Å²) in [7, 11) is 0. The van der Waals surface area contributed by atoms with Gasteiger partial charge < -0.3 is 0 Å². The average molecular weight is 395 g/mol. The molecule has 116 valence electrons. The predicted octanol–water partition coefficient (Wildman–Crippen LogP) is 4.53. The van der Waals surface area contributed by atoms with Crippen molar-refractivity contribution in [2.24, 2.45) is 5.10 Å². The first-order chi connectivity index (χ1) is 11.0. The lowest BCUT2D eigenvalue weighted by Gasteiger charge is -2.01. The highest BCUT2D eigenvalue weighted by Crippen LogP contribution is 2.18. The third-order valence-electron chi connectivity index (χ3n) is 3.02. The minimum Gasteiger partial charge on any atom is -0.250 e. The third kappa shape index (κ3) is 3.43. The van der Waals surface area contributed by atoms with Crippen LogP contribution in [0.2, 0.25) is 0 Å². The Morgan fingerprint density at radius 1 is 1.17 bits per heavy atom. The van der Waals surface area contributed by atoms with E-state index < -0.39 is 5.82 Å². The van der Waals surface area contributed by atoms with E-state index in [-0.39, 0.29) is 10.6 Å². The van der Waals surface area contributed by atoms with Crippen LogP contribution in [0.3, 0.4) is 0 Å². The van der Waals surface area contributed by atoms with Crippen LogP contribution in [0, 0.1) is 16.4 Å². The Morgan fingerprint density at radius 2 is 1.91 bits per heavy atom. The number of halogens is 3. The van der Waals surface area contributed by atoms with Gasteiger partial charge in [-0.15, -0.1) is 0 Å². The zero-order chi connectivity index (χ0) is 16.4. The van der Waals surface area contributed by atoms with Crippen LogP contribution in [-0.4, -0.2) is 21.1 Å². The van der Waals surface area contributed by atoms with Gasteiger partial charge in [0.25, 0.3) is 0 Å². The highest BCUT2D eigenvalue weighted by molar-refractivity contribution is 9.10. The second kappa shape index (κ2) is 6.51. The van der Waals surface area contributed by atoms with E-state index in [4.69, 9.17) is 12.2 Å². The zero-order valence-corrected chi connectivity index (χ0v) is 13.9. The fourth-order valence-electron chi connectivity index (χ4n) is 1.92. The molecule has 2 aromatic carbocycles. The molecular weight excluding hydrogens is 386 g/mol. The average Bonchev–Trinajstić information content (AvgIpc) is 2.90. The summed E-state index contributed by atoms with van der Waals surface area (Å²) in [5.41, 5.74) is 0.929. The molecule has 0 radical (unpaired) electrons. The first-order valence-corrected chi connectivity index (χ1v) is 7.67. The molecule has 0 saturated carbocycles. The molecule has 0 amide bonds. The van der Waals surface area contributed by atoms with E-state index in [9.17, 15) is 8.78 Å². The fraction of sp³-hybridized carbons (Fsp3) is 0. The largest absolute Gasteiger partial charge is 0.250 e. The van der Waals surface area contributed by atoms with Crippen LogP contribution in [0.15, 0.2) is 52.0 Å². The first kappa shape index (κ1) is 15.7. The topological polar surface area (TPSA) is 46.0 Å². The van der Waals surface area contributed by atoms with Gasteiger partial charge in [0, 0.05) is 15.6 Å². The van der Waals surface area contributed by atoms with Gasteiger partial charge in [-0.25, -0.2) is 13.9 Å². The first-order valence-electron chi connectivity index (χ1n) is 6.47. The summed E-state index contributed by atoms with van der Waals surface area (Å²) in [6.07, 6.45) is 1.35. The van der Waals surface area contributed by atoms with Crippen molar-refractivity contribution in [3.8, 4) is 11.4 Å². The van der Waals surface area contributed by atoms with Gasteiger partial charge in [-0.3, -0.25) is 0 Å². The Hall–Kier alpha value is -2.19. The van der Waals surface area contributed by atoms with E-state index in [1.54, 1.807) is 24.3 Å². The monoisotopic (exact) mass is 394 g/mol. The summed E-state index contributed by atoms with van der Waals surface area (Å²) in [5.74, 6) is -0.355. The normalized spacial score (nSPS) is 11.3. The lowest BCUT2D eigenvalue weighted by atomic mass is 10.2. The molecule has 0 fully saturated rings. The van der Waals surface area contributed by atoms with Crippen LogP contribution in [0.1, 0.15) is 5.56 Å². The van der Waals surface area contributed by atoms with Crippen molar-refractivity contribution in [1.82, 2.24) is 14.9 Å². The molecule has 3 rings (SSSR count). The number of benzene rings is 2. The summed E-state index contributed by atoms with van der Waals surface area (Å²) in [5, 5.41) is 10.9. The smallest absolute Gasteiger partial charge is 0.216 e. The van der Waals surface area contributed by atoms with Crippen molar-refractivity contribution < 1.29 is 8.78 Å². The molecule has 1 heterocycles. The Bertz CT molecular complexity index is 931. The Morgan fingerprint density at radius 3 is 2.65 bits per heavy atom. The maximum Gasteiger partial charge on any atom is 0.216 e. The van der Waals surface area contributed by atoms with E-state index in [0.29, 0.717) is 17.0 Å². The molecule has 0 aliphatic carbocycles. The van der Waals surface area contributed by atoms with Gasteiger partial charge in [0.05, 0.1) is 6.21 Å². The number of hydrogen-bond acceptors (Lipinski definition) is 3. The van der Waals surface area contributed by atoms with Crippen LogP contribution in [0.5, 0.6) is 0 Å². The van der Waals surface area contributed by atoms with Crippen LogP contribution in [0.4, 0.5) is 8.78 Å². The summed E-state index contributed by atoms with van der Waals surface area (Å²) >= 11 is 8.40. The molecule has 4 nitrogen and oxygen atoms in total. The van der Waals surface area contributed by atoms with E-state index in [0.717, 1.165) is 4.47 Å². The molecular formula is C15H9BrF2N4S. The van der Waals surface area contributed by atoms with Gasteiger partial charge in [0.1, 0.15) is 11.6 Å². The maximum atomic E-state index is 13.8. The Balaban J connectivity index is 2.02. The predicted molar refractivity (Wildman–Crippen MR) is 89.9 cm³/mol. The molecule has 3 aromatic rings. The van der Waals surface area contributed by atoms with E-state index >= 15 is 0 Å². The molecule has 0 bridgehead atoms. The quantitative estimate of drug-likeness (QED) is 0.523. The van der Waals surface area contributed by atoms with Crippen molar-refractivity contribution >= 4 is 34.4 Å². The molecule has 0 spiro atoms. The van der Waals surface area contributed by atoms with Crippen molar-refractivity contribution in [1.29, 1.82) is 0 Å². The minimum atomic E-state index is -0.407. The van der Waals surface area contributed by atoms with E-state index in [2.05, 4.69) is 31.2 Å². The minimum absolute atomic E-state index is 0.246. The van der Waals surface area contributed by atoms with Crippen LogP contribution < -0.4 is 0 Å². The molecule has 0 atom stereocenters. The molecule has 0 saturated heterocycles. The molecule has 0 unspecified atom stereocenters. The van der Waals surface area contributed by atoms with E-state index in [1.807, 2.05) is 0 Å². The highest BCUT2D eigenvalue weighted by atomic mass is 79.9. The number of aromatic nitrogens is 3. The lowest BCUT2D eigenvalue weighted by molar-refractivity contribution is 0.625. The van der Waals surface area contributed by atoms with Gasteiger partial charge >= 0.3 is 0 Å². The van der Waals surface area contributed by atoms with Gasteiger partial charge in [0.15, 0.2) is 5.82 Å². The van der Waals surface area contributed by atoms with Gasteiger partial charge in [-0.05, 0) is 54.7 Å². The summed E-state index contributed by atoms with van der Waals surface area (Å²) < 4.78 is 29.1. The van der Waals surface area contributed by atoms with E-state index in [1.165, 1.54) is 29.1 Å². The third-order valence-corrected chi connectivity index (χ3v) is 3.78. The van der Waals surface area contributed by atoms with Gasteiger partial charge in [0.2, 0.25) is 4.77 Å². The van der Waals surface area contributed by atoms with Gasteiger partial charge in [-0.1, -0.05) is 15.9 Å². The van der Waals surface area contributed by atoms with Crippen molar-refractivity contribution in [2.75, 3.05) is 0 Å². The van der Waals surface area contributed by atoms with Crippen molar-refractivity contribution in [3.63, 3.8) is 0 Å². The summed E-state index contributed by atoms with van der Waals surface area (Å²) in [6, 6.07) is 10.3. The molecule has 23 heavy (non-hydrogen) atoms. The van der Waals surface area contributed by atoms with Crippen molar-refractivity contribution in [3.05, 3.63) is 68.9 Å². The number of H-pyrrole nitrogens is 1. The maximum absolute atomic E-state index is 13.8. The van der Waals surface area contributed by atoms with Gasteiger partial charge in [-0.2, -0.15) is 14.9 Å². The number of hydrogen-bond donors (Lipinski definition) is 1. The standard InChI is InChI=1S/C15H9BrF2N4S/c16-11-3-6-13(18)10(7-11)8-19-22-14(20-21-15(22)23)9-1-4-12(17)5-2-9/h1-8H,(H,21,23)/b19-8+. The molecule has 1 N–H and O–H groups in total. The number of rotatable bonds is 3. The zero-order valence-electron chi connectivity index (χ0n) is 11.5. The number of nitrogens with one attached hydrogen (secondary N) is 1. The molecule has 1 aromatic heterocycles. The van der Waals surface area contributed by atoms with Crippen LogP contribution in [-0.2, 0) is 0 Å². The summed E-state index contributed by atoms with van der Waals surface area (Å²) in [6.45, 7) is 0. The summed E-state index contributed by atoms with van der Waals surface area (Å²) in [4.78, 5) is 0. The molecule has 0 aliphatic rings. The molecule has 0 aliphatic heterocycles. The molecule has 8 heteroatoms. The Labute approximate surface area is 143 Å². The SMILES string of the molecule is Fc1ccc(-c2n[nH]c(=S)n2/N=C/c2cc(Br)ccc2F)cc1. The number of nitrogens with zero attached hydrogens (tertiary/aromatic N) is 3. The number of aromatic amines is 1. The fourth-order valence-corrected chi connectivity index (χ4v) is 2.48.